The van der Waals surface area contributed by atoms with E-state index < -0.39 is 0 Å². The molecule has 1 aromatic heterocycles. The van der Waals surface area contributed by atoms with E-state index in [1.807, 2.05) is 18.2 Å². The predicted molar refractivity (Wildman–Crippen MR) is 119 cm³/mol. The molecular weight excluding hydrogens is 393 g/mol. The molecule has 1 saturated heterocycles. The number of methoxy groups -OCH3 is 1. The van der Waals surface area contributed by atoms with Crippen molar-refractivity contribution in [3.63, 3.8) is 0 Å². The van der Waals surface area contributed by atoms with Gasteiger partial charge in [0.15, 0.2) is 22.9 Å². The Kier molecular flexibility index (Phi) is 5.86. The van der Waals surface area contributed by atoms with Gasteiger partial charge in [0.05, 0.1) is 13.2 Å². The summed E-state index contributed by atoms with van der Waals surface area (Å²) < 4.78 is 31.7. The van der Waals surface area contributed by atoms with Crippen molar-refractivity contribution in [2.24, 2.45) is 5.92 Å². The smallest absolute Gasteiger partial charge is 0.169 e. The van der Waals surface area contributed by atoms with Crippen LogP contribution in [0.2, 0.25) is 0 Å². The third-order valence-electron chi connectivity index (χ3n) is 6.73. The predicted octanol–water partition coefficient (Wildman–Crippen LogP) is 5.84. The Morgan fingerprint density at radius 1 is 1.06 bits per heavy atom. The zero-order valence-electron chi connectivity index (χ0n) is 18.0. The fraction of sp³-hybridized carbons (Fsp3) is 0.462. The SMILES string of the molecule is COc1ccc([C@H]2CNC[C@H](Cc3cc4cccc(F)c4o3)C2)cc1OC1CCCC1. The number of nitrogens with one attached hydrogen (secondary N) is 1. The van der Waals surface area contributed by atoms with Crippen LogP contribution in [0.3, 0.4) is 0 Å². The van der Waals surface area contributed by atoms with Gasteiger partial charge in [-0.25, -0.2) is 4.39 Å². The molecule has 2 aliphatic rings. The molecule has 5 rings (SSSR count). The van der Waals surface area contributed by atoms with Crippen LogP contribution >= 0.6 is 0 Å². The first-order chi connectivity index (χ1) is 15.2. The van der Waals surface area contributed by atoms with E-state index in [4.69, 9.17) is 13.9 Å². The molecule has 4 nitrogen and oxygen atoms in total. The quantitative estimate of drug-likeness (QED) is 0.541. The number of hydrogen-bond acceptors (Lipinski definition) is 4. The van der Waals surface area contributed by atoms with Crippen molar-refractivity contribution in [2.45, 2.75) is 50.5 Å². The van der Waals surface area contributed by atoms with Crippen LogP contribution in [0.5, 0.6) is 11.5 Å². The maximum atomic E-state index is 14.0. The van der Waals surface area contributed by atoms with E-state index in [1.54, 1.807) is 13.2 Å². The van der Waals surface area contributed by atoms with Crippen LogP contribution < -0.4 is 14.8 Å². The van der Waals surface area contributed by atoms with Crippen molar-refractivity contribution in [3.8, 4) is 11.5 Å². The van der Waals surface area contributed by atoms with Gasteiger partial charge in [-0.3, -0.25) is 0 Å². The summed E-state index contributed by atoms with van der Waals surface area (Å²) in [5, 5.41) is 4.41. The van der Waals surface area contributed by atoms with Gasteiger partial charge in [0.1, 0.15) is 5.76 Å². The van der Waals surface area contributed by atoms with Crippen molar-refractivity contribution in [1.82, 2.24) is 5.32 Å². The zero-order valence-corrected chi connectivity index (χ0v) is 18.0. The standard InChI is InChI=1S/C26H30FNO3/c1-29-24-10-9-18(14-25(24)30-21-6-2-3-7-21)20-11-17(15-28-16-20)12-22-13-19-5-4-8-23(27)26(19)31-22/h4-5,8-10,13-14,17,20-21,28H,2-3,6-7,11-12,15-16H2,1H3/t17-,20+/m0/s1. The summed E-state index contributed by atoms with van der Waals surface area (Å²) >= 11 is 0. The summed E-state index contributed by atoms with van der Waals surface area (Å²) in [6, 6.07) is 13.4. The second-order valence-corrected chi connectivity index (χ2v) is 8.97. The average Bonchev–Trinajstić information content (AvgIpc) is 3.44. The van der Waals surface area contributed by atoms with Gasteiger partial charge in [-0.2, -0.15) is 0 Å². The van der Waals surface area contributed by atoms with Crippen LogP contribution in [0.1, 0.15) is 49.3 Å². The van der Waals surface area contributed by atoms with Crippen LogP contribution in [-0.4, -0.2) is 26.3 Å². The number of benzene rings is 2. The number of ether oxygens (including phenoxy) is 2. The van der Waals surface area contributed by atoms with Gasteiger partial charge in [-0.05, 0) is 80.3 Å². The first-order valence-corrected chi connectivity index (χ1v) is 11.4. The number of para-hydroxylation sites is 1. The van der Waals surface area contributed by atoms with E-state index in [1.165, 1.54) is 24.5 Å². The molecule has 164 valence electrons. The lowest BCUT2D eigenvalue weighted by Crippen LogP contribution is -2.36. The first kappa shape index (κ1) is 20.4. The molecule has 1 aliphatic heterocycles. The highest BCUT2D eigenvalue weighted by molar-refractivity contribution is 5.78. The maximum absolute atomic E-state index is 14.0. The van der Waals surface area contributed by atoms with Crippen LogP contribution in [0.25, 0.3) is 11.0 Å². The summed E-state index contributed by atoms with van der Waals surface area (Å²) in [6.45, 7) is 1.89. The van der Waals surface area contributed by atoms with Gasteiger partial charge in [0, 0.05) is 18.4 Å². The normalized spacial score (nSPS) is 22.1. The number of furan rings is 1. The Morgan fingerprint density at radius 2 is 1.94 bits per heavy atom. The van der Waals surface area contributed by atoms with Crippen LogP contribution in [0.4, 0.5) is 4.39 Å². The topological polar surface area (TPSA) is 43.6 Å². The highest BCUT2D eigenvalue weighted by Gasteiger charge is 2.26. The number of piperidine rings is 1. The van der Waals surface area contributed by atoms with Crippen molar-refractivity contribution >= 4 is 11.0 Å². The van der Waals surface area contributed by atoms with E-state index in [0.717, 1.165) is 61.4 Å². The molecule has 0 bridgehead atoms. The Morgan fingerprint density at radius 3 is 2.74 bits per heavy atom. The van der Waals surface area contributed by atoms with Crippen molar-refractivity contribution in [2.75, 3.05) is 20.2 Å². The largest absolute Gasteiger partial charge is 0.493 e. The number of fused-ring (bicyclic) bond motifs is 1. The first-order valence-electron chi connectivity index (χ1n) is 11.4. The molecule has 1 saturated carbocycles. The van der Waals surface area contributed by atoms with Crippen molar-refractivity contribution in [3.05, 3.63) is 59.6 Å². The minimum absolute atomic E-state index is 0.295. The molecule has 1 aliphatic carbocycles. The molecule has 31 heavy (non-hydrogen) atoms. The Bertz CT molecular complexity index is 1040. The van der Waals surface area contributed by atoms with Crippen LogP contribution in [0.15, 0.2) is 46.9 Å². The molecule has 2 atom stereocenters. The van der Waals surface area contributed by atoms with E-state index in [2.05, 4.69) is 17.4 Å². The summed E-state index contributed by atoms with van der Waals surface area (Å²) in [5.41, 5.74) is 1.64. The van der Waals surface area contributed by atoms with Crippen LogP contribution in [-0.2, 0) is 6.42 Å². The summed E-state index contributed by atoms with van der Waals surface area (Å²) in [5.74, 6) is 3.06. The molecule has 5 heteroatoms. The second kappa shape index (κ2) is 8.91. The fourth-order valence-corrected chi connectivity index (χ4v) is 5.13. The van der Waals surface area contributed by atoms with E-state index in [0.29, 0.717) is 23.5 Å². The molecule has 3 aromatic rings. The molecule has 1 N–H and O–H groups in total. The van der Waals surface area contributed by atoms with Gasteiger partial charge in [-0.1, -0.05) is 18.2 Å². The van der Waals surface area contributed by atoms with Crippen molar-refractivity contribution in [1.29, 1.82) is 0 Å². The number of halogens is 1. The number of rotatable bonds is 6. The zero-order chi connectivity index (χ0) is 21.2. The van der Waals surface area contributed by atoms with Gasteiger partial charge in [0.25, 0.3) is 0 Å². The highest BCUT2D eigenvalue weighted by atomic mass is 19.1. The monoisotopic (exact) mass is 423 g/mol. The lowest BCUT2D eigenvalue weighted by atomic mass is 9.83. The Hall–Kier alpha value is -2.53. The molecule has 0 radical (unpaired) electrons. The summed E-state index contributed by atoms with van der Waals surface area (Å²) in [4.78, 5) is 0. The highest BCUT2D eigenvalue weighted by Crippen LogP contribution is 2.37. The molecule has 0 spiro atoms. The minimum Gasteiger partial charge on any atom is -0.493 e. The molecule has 0 amide bonds. The Labute approximate surface area is 182 Å². The van der Waals surface area contributed by atoms with Crippen LogP contribution in [0, 0.1) is 11.7 Å². The fourth-order valence-electron chi connectivity index (χ4n) is 5.13. The Balaban J connectivity index is 1.30. The van der Waals surface area contributed by atoms with Gasteiger partial charge in [-0.15, -0.1) is 0 Å². The number of hydrogen-bond donors (Lipinski definition) is 1. The molecular formula is C26H30FNO3. The van der Waals surface area contributed by atoms with E-state index >= 15 is 0 Å². The van der Waals surface area contributed by atoms with E-state index in [9.17, 15) is 4.39 Å². The van der Waals surface area contributed by atoms with Gasteiger partial charge < -0.3 is 19.2 Å². The summed E-state index contributed by atoms with van der Waals surface area (Å²) in [6.07, 6.45) is 6.90. The van der Waals surface area contributed by atoms with E-state index in [-0.39, 0.29) is 5.82 Å². The van der Waals surface area contributed by atoms with Gasteiger partial charge in [0.2, 0.25) is 0 Å². The summed E-state index contributed by atoms with van der Waals surface area (Å²) in [7, 11) is 1.70. The third-order valence-corrected chi connectivity index (χ3v) is 6.73. The van der Waals surface area contributed by atoms with Gasteiger partial charge >= 0.3 is 0 Å². The lowest BCUT2D eigenvalue weighted by Gasteiger charge is -2.30. The minimum atomic E-state index is -0.295. The molecule has 2 heterocycles. The van der Waals surface area contributed by atoms with Crippen molar-refractivity contribution < 1.29 is 18.3 Å². The molecule has 0 unspecified atom stereocenters. The molecule has 2 aromatic carbocycles. The lowest BCUT2D eigenvalue weighted by molar-refractivity contribution is 0.200. The molecule has 2 fully saturated rings. The maximum Gasteiger partial charge on any atom is 0.169 e. The average molecular weight is 424 g/mol. The second-order valence-electron chi connectivity index (χ2n) is 8.97. The third kappa shape index (κ3) is 4.42.